The van der Waals surface area contributed by atoms with Crippen molar-refractivity contribution >= 4 is 30.5 Å². The molecule has 0 saturated carbocycles. The van der Waals surface area contributed by atoms with Crippen LogP contribution in [0, 0.1) is 13.0 Å². The number of carbonyl (C=O) groups excluding carboxylic acids is 3. The van der Waals surface area contributed by atoms with Crippen LogP contribution in [0.15, 0.2) is 52.9 Å². The maximum absolute atomic E-state index is 12.0. The summed E-state index contributed by atoms with van der Waals surface area (Å²) in [6, 6.07) is 18.1. The topological polar surface area (TPSA) is 79.6 Å². The number of piperidine rings is 1. The molecule has 2 heterocycles. The average molecular weight is 556 g/mol. The Kier molecular flexibility index (Phi) is 17.6. The number of amides is 1. The first kappa shape index (κ1) is 30.8. The van der Waals surface area contributed by atoms with Crippen molar-refractivity contribution in [2.24, 2.45) is 0 Å². The second-order valence-corrected chi connectivity index (χ2v) is 7.11. The van der Waals surface area contributed by atoms with Crippen molar-refractivity contribution in [2.45, 2.75) is 32.7 Å². The van der Waals surface area contributed by atoms with Gasteiger partial charge in [0.2, 0.25) is 0 Å². The Morgan fingerprint density at radius 2 is 1.69 bits per heavy atom. The summed E-state index contributed by atoms with van der Waals surface area (Å²) in [5, 5.41) is 3.74. The van der Waals surface area contributed by atoms with Crippen LogP contribution in [0.3, 0.4) is 0 Å². The maximum atomic E-state index is 12.0. The van der Waals surface area contributed by atoms with Gasteiger partial charge in [0, 0.05) is 12.1 Å². The number of benzene rings is 2. The van der Waals surface area contributed by atoms with E-state index in [1.165, 1.54) is 37.9 Å². The van der Waals surface area contributed by atoms with Gasteiger partial charge in [-0.15, -0.1) is 6.07 Å². The number of fused-ring (bicyclic) bond motifs is 1. The van der Waals surface area contributed by atoms with E-state index in [-0.39, 0.29) is 74.8 Å². The van der Waals surface area contributed by atoms with Crippen LogP contribution in [0.25, 0.3) is 11.0 Å². The molecule has 0 radical (unpaired) electrons. The monoisotopic (exact) mass is 556 g/mol. The average Bonchev–Trinajstić information content (AvgIpc) is 3.27. The number of nitrogens with zero attached hydrogens (tertiary/aromatic N) is 1. The summed E-state index contributed by atoms with van der Waals surface area (Å²) in [6.45, 7) is 9.16. The number of nitrogens with one attached hydrogen (secondary N) is 1. The molecule has 1 aliphatic rings. The fourth-order valence-electron chi connectivity index (χ4n) is 3.06. The first-order valence-corrected chi connectivity index (χ1v) is 10.1. The van der Waals surface area contributed by atoms with Gasteiger partial charge in [0.05, 0.1) is 0 Å². The molecule has 1 N–H and O–H groups in total. The van der Waals surface area contributed by atoms with Crippen LogP contribution < -0.4 is 74.2 Å². The fraction of sp³-hybridized carbons (Fsp3) is 0.320. The first-order valence-electron chi connectivity index (χ1n) is 10.1. The minimum Gasteiger partial charge on any atom is -0.478 e. The molecule has 7 heteroatoms. The molecular weight excluding hydrogens is 525 g/mol. The van der Waals surface area contributed by atoms with Crippen LogP contribution in [0.4, 0.5) is 0 Å². The van der Waals surface area contributed by atoms with Crippen LogP contribution in [-0.4, -0.2) is 44.5 Å². The molecule has 0 bridgehead atoms. The summed E-state index contributed by atoms with van der Waals surface area (Å²) in [7, 11) is 2.19. The van der Waals surface area contributed by atoms with Crippen LogP contribution in [-0.2, 0) is 16.1 Å². The summed E-state index contributed by atoms with van der Waals surface area (Å²) in [5.74, 6) is 0.119. The largest absolute Gasteiger partial charge is 1.00 e. The Bertz CT molecular complexity index is 871. The van der Waals surface area contributed by atoms with E-state index >= 15 is 0 Å². The molecule has 1 fully saturated rings. The van der Waals surface area contributed by atoms with E-state index in [1.807, 2.05) is 44.8 Å². The van der Waals surface area contributed by atoms with E-state index in [0.717, 1.165) is 10.9 Å². The van der Waals surface area contributed by atoms with Gasteiger partial charge in [0.15, 0.2) is 5.76 Å². The summed E-state index contributed by atoms with van der Waals surface area (Å²) in [6.07, 6.45) is 4.28. The fourth-order valence-corrected chi connectivity index (χ4v) is 3.06. The SMILES string of the molecule is C=O.C=O.CN1CCCCC1.Cc1ccc(CNC(=O)c2cc3c[c-]ccc3o2)cc1.[Cs+]. The van der Waals surface area contributed by atoms with Crippen molar-refractivity contribution in [3.8, 4) is 0 Å². The third-order valence-electron chi connectivity index (χ3n) is 4.74. The molecule has 0 spiro atoms. The van der Waals surface area contributed by atoms with Gasteiger partial charge in [-0.3, -0.25) is 4.79 Å². The number of furan rings is 1. The molecule has 0 unspecified atom stereocenters. The minimum atomic E-state index is -0.207. The minimum absolute atomic E-state index is 0. The van der Waals surface area contributed by atoms with Crippen molar-refractivity contribution in [1.82, 2.24) is 10.2 Å². The third-order valence-corrected chi connectivity index (χ3v) is 4.74. The summed E-state index contributed by atoms with van der Waals surface area (Å²) >= 11 is 0. The van der Waals surface area contributed by atoms with Crippen molar-refractivity contribution in [3.63, 3.8) is 0 Å². The molecule has 3 aromatic rings. The zero-order chi connectivity index (χ0) is 23.1. The zero-order valence-electron chi connectivity index (χ0n) is 19.4. The normalized spacial score (nSPS) is 12.4. The predicted octanol–water partition coefficient (Wildman–Crippen LogP) is 1.21. The molecular formula is C25H31CsN2O4. The number of hydrogen-bond acceptors (Lipinski definition) is 5. The first-order chi connectivity index (χ1) is 15.1. The maximum Gasteiger partial charge on any atom is 1.00 e. The number of carbonyl (C=O) groups is 3. The van der Waals surface area contributed by atoms with Gasteiger partial charge >= 0.3 is 68.9 Å². The van der Waals surface area contributed by atoms with Crippen molar-refractivity contribution in [1.29, 1.82) is 0 Å². The van der Waals surface area contributed by atoms with Gasteiger partial charge in [-0.2, -0.15) is 18.2 Å². The van der Waals surface area contributed by atoms with Gasteiger partial charge < -0.3 is 24.2 Å². The zero-order valence-corrected chi connectivity index (χ0v) is 25.6. The van der Waals surface area contributed by atoms with Crippen LogP contribution in [0.2, 0.25) is 0 Å². The van der Waals surface area contributed by atoms with E-state index in [0.29, 0.717) is 17.9 Å². The quantitative estimate of drug-likeness (QED) is 0.491. The molecule has 32 heavy (non-hydrogen) atoms. The molecule has 1 aliphatic heterocycles. The van der Waals surface area contributed by atoms with E-state index in [4.69, 9.17) is 14.0 Å². The second-order valence-electron chi connectivity index (χ2n) is 7.11. The van der Waals surface area contributed by atoms with Crippen molar-refractivity contribution in [2.75, 3.05) is 20.1 Å². The number of aryl methyl sites for hydroxylation is 1. The van der Waals surface area contributed by atoms with Crippen molar-refractivity contribution < 1.29 is 87.7 Å². The van der Waals surface area contributed by atoms with E-state index in [1.54, 1.807) is 24.3 Å². The molecule has 0 aliphatic carbocycles. The number of likely N-dealkylation sites (tertiary alicyclic amines) is 1. The standard InChI is InChI=1S/C17H14NO2.C6H13N.2CH2O.Cs/c1-12-6-8-13(9-7-12)11-18-17(19)16-10-14-4-2-3-5-15(14)20-16;1-7-5-3-2-4-6-7;2*1-2;/h3-10H,11H2,1H3,(H,18,19);2-6H2,1H3;2*1H2;/q-1;;;;+1. The molecule has 6 nitrogen and oxygen atoms in total. The molecule has 1 saturated heterocycles. The second kappa shape index (κ2) is 18.3. The number of hydrogen-bond donors (Lipinski definition) is 1. The van der Waals surface area contributed by atoms with E-state index < -0.39 is 0 Å². The Labute approximate surface area is 249 Å². The Balaban J connectivity index is 0.000000676. The van der Waals surface area contributed by atoms with Crippen LogP contribution in [0.5, 0.6) is 0 Å². The van der Waals surface area contributed by atoms with Crippen LogP contribution in [0.1, 0.15) is 40.9 Å². The molecule has 2 aromatic carbocycles. The Morgan fingerprint density at radius 1 is 1.06 bits per heavy atom. The van der Waals surface area contributed by atoms with Crippen molar-refractivity contribution in [3.05, 3.63) is 71.5 Å². The third kappa shape index (κ3) is 11.1. The van der Waals surface area contributed by atoms with Gasteiger partial charge in [-0.05, 0) is 45.5 Å². The van der Waals surface area contributed by atoms with Gasteiger partial charge in [-0.1, -0.05) is 47.7 Å². The Morgan fingerprint density at radius 3 is 2.22 bits per heavy atom. The van der Waals surface area contributed by atoms with E-state index in [9.17, 15) is 4.79 Å². The molecule has 0 atom stereocenters. The predicted molar refractivity (Wildman–Crippen MR) is 123 cm³/mol. The number of rotatable bonds is 3. The molecule has 1 amide bonds. The molecule has 4 rings (SSSR count). The smallest absolute Gasteiger partial charge is 0.478 e. The van der Waals surface area contributed by atoms with Gasteiger partial charge in [0.25, 0.3) is 5.91 Å². The van der Waals surface area contributed by atoms with E-state index in [2.05, 4.69) is 23.3 Å². The molecule has 1 aromatic heterocycles. The summed E-state index contributed by atoms with van der Waals surface area (Å²) < 4.78 is 5.51. The Hall–Kier alpha value is -1.20. The van der Waals surface area contributed by atoms with Crippen LogP contribution >= 0.6 is 0 Å². The van der Waals surface area contributed by atoms with Gasteiger partial charge in [0.1, 0.15) is 13.6 Å². The van der Waals surface area contributed by atoms with Gasteiger partial charge in [-0.25, -0.2) is 0 Å². The molecule has 166 valence electrons. The summed E-state index contributed by atoms with van der Waals surface area (Å²) in [5.41, 5.74) is 2.96. The summed E-state index contributed by atoms with van der Waals surface area (Å²) in [4.78, 5) is 30.4.